The summed E-state index contributed by atoms with van der Waals surface area (Å²) in [5, 5.41) is 10.8. The molecule has 0 spiro atoms. The largest absolute Gasteiger partial charge is 0.456 e. The maximum Gasteiger partial charge on any atom is 0.146 e. The lowest BCUT2D eigenvalue weighted by atomic mass is 9.84. The molecular formula is C46H26O2S. The molecule has 0 aliphatic rings. The third-order valence-corrected chi connectivity index (χ3v) is 11.3. The Morgan fingerprint density at radius 3 is 1.76 bits per heavy atom. The first kappa shape index (κ1) is 26.9. The van der Waals surface area contributed by atoms with Crippen LogP contribution in [-0.2, 0) is 0 Å². The molecule has 0 N–H and O–H groups in total. The van der Waals surface area contributed by atoms with E-state index in [0.29, 0.717) is 0 Å². The highest BCUT2D eigenvalue weighted by Gasteiger charge is 2.23. The summed E-state index contributed by atoms with van der Waals surface area (Å²) in [6, 6.07) is 56.4. The lowest BCUT2D eigenvalue weighted by Crippen LogP contribution is -1.91. The molecule has 0 atom stereocenters. The van der Waals surface area contributed by atoms with Gasteiger partial charge in [0.25, 0.3) is 0 Å². The number of hydrogen-bond acceptors (Lipinski definition) is 3. The van der Waals surface area contributed by atoms with Crippen LogP contribution in [0.4, 0.5) is 0 Å². The third-order valence-electron chi connectivity index (χ3n) is 10.1. The molecule has 0 bridgehead atoms. The molecular weight excluding hydrogens is 617 g/mol. The first-order valence-electron chi connectivity index (χ1n) is 16.6. The third kappa shape index (κ3) is 3.82. The van der Waals surface area contributed by atoms with Crippen LogP contribution in [0.5, 0.6) is 0 Å². The van der Waals surface area contributed by atoms with Crippen LogP contribution in [0.15, 0.2) is 167 Å². The fraction of sp³-hybridized carbons (Fsp3) is 0. The number of fused-ring (bicyclic) bond motifs is 10. The summed E-state index contributed by atoms with van der Waals surface area (Å²) >= 11 is 1.89. The summed E-state index contributed by atoms with van der Waals surface area (Å²) in [4.78, 5) is 0. The second-order valence-electron chi connectivity index (χ2n) is 12.7. The number of benzene rings is 8. The molecule has 0 saturated carbocycles. The second-order valence-corrected chi connectivity index (χ2v) is 13.8. The minimum absolute atomic E-state index is 0.822. The highest BCUT2D eigenvalue weighted by atomic mass is 32.1. The highest BCUT2D eigenvalue weighted by Crippen LogP contribution is 2.50. The predicted molar refractivity (Wildman–Crippen MR) is 208 cm³/mol. The zero-order valence-corrected chi connectivity index (χ0v) is 27.1. The van der Waals surface area contributed by atoms with Gasteiger partial charge in [-0.05, 0) is 68.6 Å². The van der Waals surface area contributed by atoms with Crippen molar-refractivity contribution in [3.63, 3.8) is 0 Å². The van der Waals surface area contributed by atoms with Gasteiger partial charge in [0.1, 0.15) is 22.5 Å². The van der Waals surface area contributed by atoms with E-state index in [4.69, 9.17) is 8.83 Å². The minimum Gasteiger partial charge on any atom is -0.456 e. The zero-order valence-electron chi connectivity index (χ0n) is 26.2. The molecule has 0 aliphatic heterocycles. The van der Waals surface area contributed by atoms with E-state index in [1.54, 1.807) is 0 Å². The topological polar surface area (TPSA) is 26.3 Å². The minimum atomic E-state index is 0.822. The lowest BCUT2D eigenvalue weighted by Gasteiger charge is -2.18. The molecule has 3 heteroatoms. The smallest absolute Gasteiger partial charge is 0.146 e. The van der Waals surface area contributed by atoms with E-state index < -0.39 is 0 Å². The van der Waals surface area contributed by atoms with Crippen LogP contribution in [0.3, 0.4) is 0 Å². The maximum atomic E-state index is 6.71. The van der Waals surface area contributed by atoms with Gasteiger partial charge in [-0.3, -0.25) is 0 Å². The maximum absolute atomic E-state index is 6.71. The van der Waals surface area contributed by atoms with E-state index in [-0.39, 0.29) is 0 Å². The van der Waals surface area contributed by atoms with Crippen molar-refractivity contribution in [2.24, 2.45) is 0 Å². The summed E-state index contributed by atoms with van der Waals surface area (Å²) in [6.45, 7) is 0. The van der Waals surface area contributed by atoms with Gasteiger partial charge in [-0.15, -0.1) is 11.3 Å². The van der Waals surface area contributed by atoms with E-state index >= 15 is 0 Å². The predicted octanol–water partition coefficient (Wildman–Crippen LogP) is 14.0. The Balaban J connectivity index is 1.23. The monoisotopic (exact) mass is 642 g/mol. The summed E-state index contributed by atoms with van der Waals surface area (Å²) in [6.07, 6.45) is 0. The van der Waals surface area contributed by atoms with Gasteiger partial charge in [0.05, 0.1) is 5.39 Å². The number of furan rings is 2. The van der Waals surface area contributed by atoms with E-state index in [1.165, 1.54) is 64.0 Å². The van der Waals surface area contributed by atoms with Gasteiger partial charge in [0, 0.05) is 42.1 Å². The molecule has 49 heavy (non-hydrogen) atoms. The Labute approximate surface area is 285 Å². The molecule has 0 saturated heterocycles. The van der Waals surface area contributed by atoms with E-state index in [2.05, 4.69) is 140 Å². The van der Waals surface area contributed by atoms with Crippen molar-refractivity contribution in [2.45, 2.75) is 0 Å². The summed E-state index contributed by atoms with van der Waals surface area (Å²) in [7, 11) is 0. The van der Waals surface area contributed by atoms with Gasteiger partial charge in [0.2, 0.25) is 0 Å². The SMILES string of the molecule is c1ccc(-c2cc3c(ccc4c3oc3cccc(-c5c6ccccc6c(-c6cccc7c6sc6ccccc67)c6ccccc56)c34)o2)cc1. The summed E-state index contributed by atoms with van der Waals surface area (Å²) in [5.74, 6) is 0.838. The molecule has 8 aromatic carbocycles. The average molecular weight is 643 g/mol. The van der Waals surface area contributed by atoms with Crippen molar-refractivity contribution in [2.75, 3.05) is 0 Å². The van der Waals surface area contributed by atoms with Gasteiger partial charge in [0.15, 0.2) is 0 Å². The van der Waals surface area contributed by atoms with Crippen LogP contribution in [0.2, 0.25) is 0 Å². The molecule has 0 fully saturated rings. The summed E-state index contributed by atoms with van der Waals surface area (Å²) in [5.41, 5.74) is 8.55. The van der Waals surface area contributed by atoms with Gasteiger partial charge >= 0.3 is 0 Å². The van der Waals surface area contributed by atoms with Crippen molar-refractivity contribution in [1.29, 1.82) is 0 Å². The van der Waals surface area contributed by atoms with Gasteiger partial charge in [-0.2, -0.15) is 0 Å². The molecule has 3 heterocycles. The van der Waals surface area contributed by atoms with Crippen molar-refractivity contribution in [3.8, 4) is 33.6 Å². The molecule has 0 amide bonds. The molecule has 2 nitrogen and oxygen atoms in total. The van der Waals surface area contributed by atoms with E-state index in [0.717, 1.165) is 44.2 Å². The molecule has 0 aliphatic carbocycles. The molecule has 11 rings (SSSR count). The van der Waals surface area contributed by atoms with Crippen molar-refractivity contribution in [3.05, 3.63) is 158 Å². The average Bonchev–Trinajstić information content (AvgIpc) is 3.88. The Bertz CT molecular complexity index is 3050. The molecule has 3 aromatic heterocycles. The van der Waals surface area contributed by atoms with Crippen molar-refractivity contribution in [1.82, 2.24) is 0 Å². The highest BCUT2D eigenvalue weighted by molar-refractivity contribution is 7.26. The first-order chi connectivity index (χ1) is 24.3. The fourth-order valence-corrected chi connectivity index (χ4v) is 9.23. The van der Waals surface area contributed by atoms with Crippen LogP contribution in [0, 0.1) is 0 Å². The Kier molecular flexibility index (Phi) is 5.57. The zero-order chi connectivity index (χ0) is 32.1. The molecule has 11 aromatic rings. The van der Waals surface area contributed by atoms with Crippen LogP contribution < -0.4 is 0 Å². The van der Waals surface area contributed by atoms with Gasteiger partial charge in [-0.1, -0.05) is 127 Å². The number of hydrogen-bond donors (Lipinski definition) is 0. The van der Waals surface area contributed by atoms with Crippen LogP contribution >= 0.6 is 11.3 Å². The van der Waals surface area contributed by atoms with E-state index in [1.807, 2.05) is 29.5 Å². The van der Waals surface area contributed by atoms with E-state index in [9.17, 15) is 0 Å². The second kappa shape index (κ2) is 10.2. The Morgan fingerprint density at radius 1 is 0.388 bits per heavy atom. The molecule has 0 radical (unpaired) electrons. The Hall–Kier alpha value is -6.16. The number of thiophene rings is 1. The molecule has 228 valence electrons. The van der Waals surface area contributed by atoms with Crippen LogP contribution in [0.1, 0.15) is 0 Å². The van der Waals surface area contributed by atoms with Gasteiger partial charge < -0.3 is 8.83 Å². The fourth-order valence-electron chi connectivity index (χ4n) is 8.00. The lowest BCUT2D eigenvalue weighted by molar-refractivity contribution is 0.631. The number of rotatable bonds is 3. The van der Waals surface area contributed by atoms with Crippen LogP contribution in [0.25, 0.3) is 108 Å². The van der Waals surface area contributed by atoms with Gasteiger partial charge in [-0.25, -0.2) is 0 Å². The van der Waals surface area contributed by atoms with Crippen molar-refractivity contribution >= 4 is 86.0 Å². The quantitative estimate of drug-likeness (QED) is 0.179. The normalized spacial score (nSPS) is 12.1. The van der Waals surface area contributed by atoms with Crippen LogP contribution in [-0.4, -0.2) is 0 Å². The van der Waals surface area contributed by atoms with Crippen molar-refractivity contribution < 1.29 is 8.83 Å². The molecule has 0 unspecified atom stereocenters. The standard InChI is InChI=1S/C46H26O2S/c1-2-12-27(13-3-1)40-26-37-38(47-40)25-24-35-44-34(20-11-22-39(44)48-45(35)37)42-29-15-4-6-17-31(29)43(32-18-7-5-16-30(32)42)36-21-10-19-33-28-14-8-9-23-41(28)49-46(33)36/h1-26H. The summed E-state index contributed by atoms with van der Waals surface area (Å²) < 4.78 is 15.7. The first-order valence-corrected chi connectivity index (χ1v) is 17.4. The Morgan fingerprint density at radius 2 is 1.00 bits per heavy atom.